The van der Waals surface area contributed by atoms with Gasteiger partial charge in [-0.25, -0.2) is 4.79 Å². The van der Waals surface area contributed by atoms with Crippen LogP contribution in [0.1, 0.15) is 23.2 Å². The Morgan fingerprint density at radius 3 is 2.35 bits per heavy atom. The average Bonchev–Trinajstić information content (AvgIpc) is 2.42. The number of likely N-dealkylation sites (tertiary alicyclic amines) is 1. The highest BCUT2D eigenvalue weighted by Gasteiger charge is 2.40. The van der Waals surface area contributed by atoms with Gasteiger partial charge in [0.2, 0.25) is 0 Å². The first-order valence-electron chi connectivity index (χ1n) is 6.04. The average molecular weight is 318 g/mol. The Morgan fingerprint density at radius 1 is 1.20 bits per heavy atom. The van der Waals surface area contributed by atoms with E-state index in [0.29, 0.717) is 0 Å². The fraction of sp³-hybridized carbons (Fsp3) is 0.385. The van der Waals surface area contributed by atoms with Crippen molar-refractivity contribution in [3.05, 3.63) is 33.8 Å². The van der Waals surface area contributed by atoms with Gasteiger partial charge in [-0.15, -0.1) is 0 Å². The normalized spacial score (nSPS) is 17.9. The van der Waals surface area contributed by atoms with Crippen molar-refractivity contribution in [2.24, 2.45) is 0 Å². The molecule has 0 bridgehead atoms. The minimum atomic E-state index is -1.76. The molecule has 1 aromatic carbocycles. The number of carboxylic acid groups (broad SMARTS) is 1. The molecule has 20 heavy (non-hydrogen) atoms. The summed E-state index contributed by atoms with van der Waals surface area (Å²) < 4.78 is 0. The minimum Gasteiger partial charge on any atom is -0.479 e. The number of aliphatic carboxylic acids is 1. The molecule has 0 unspecified atom stereocenters. The van der Waals surface area contributed by atoms with Crippen LogP contribution in [-0.4, -0.2) is 45.7 Å². The first-order valence-corrected chi connectivity index (χ1v) is 6.80. The third-order valence-corrected chi connectivity index (χ3v) is 4.28. The van der Waals surface area contributed by atoms with Crippen LogP contribution in [0, 0.1) is 0 Å². The van der Waals surface area contributed by atoms with Crippen molar-refractivity contribution in [1.82, 2.24) is 4.90 Å². The van der Waals surface area contributed by atoms with Gasteiger partial charge in [-0.1, -0.05) is 29.3 Å². The molecule has 0 radical (unpaired) electrons. The molecule has 2 rings (SSSR count). The van der Waals surface area contributed by atoms with Gasteiger partial charge in [-0.3, -0.25) is 4.79 Å². The van der Waals surface area contributed by atoms with Crippen molar-refractivity contribution >= 4 is 35.1 Å². The Balaban J connectivity index is 2.13. The molecule has 1 aliphatic rings. The molecule has 5 nitrogen and oxygen atoms in total. The molecular formula is C13H13Cl2NO4. The van der Waals surface area contributed by atoms with E-state index in [1.165, 1.54) is 4.90 Å². The zero-order chi connectivity index (χ0) is 14.9. The summed E-state index contributed by atoms with van der Waals surface area (Å²) in [5.74, 6) is -1.57. The molecule has 108 valence electrons. The van der Waals surface area contributed by atoms with Crippen LogP contribution in [0.25, 0.3) is 0 Å². The molecule has 1 fully saturated rings. The van der Waals surface area contributed by atoms with Crippen molar-refractivity contribution in [3.8, 4) is 0 Å². The lowest BCUT2D eigenvalue weighted by Crippen LogP contribution is -2.50. The molecule has 1 heterocycles. The molecule has 1 saturated heterocycles. The molecule has 7 heteroatoms. The first kappa shape index (κ1) is 15.1. The topological polar surface area (TPSA) is 77.8 Å². The van der Waals surface area contributed by atoms with E-state index in [0.717, 1.165) is 0 Å². The number of hydrogen-bond acceptors (Lipinski definition) is 3. The predicted molar refractivity (Wildman–Crippen MR) is 74.2 cm³/mol. The Hall–Kier alpha value is -1.30. The number of amides is 1. The highest BCUT2D eigenvalue weighted by Crippen LogP contribution is 2.29. The first-order chi connectivity index (χ1) is 9.35. The van der Waals surface area contributed by atoms with Crippen LogP contribution in [0.2, 0.25) is 10.0 Å². The molecule has 1 aliphatic heterocycles. The molecule has 1 aromatic rings. The highest BCUT2D eigenvalue weighted by atomic mass is 35.5. The Bertz CT molecular complexity index is 553. The maximum absolute atomic E-state index is 12.3. The van der Waals surface area contributed by atoms with E-state index < -0.39 is 11.6 Å². The highest BCUT2D eigenvalue weighted by molar-refractivity contribution is 6.43. The zero-order valence-electron chi connectivity index (χ0n) is 10.5. The van der Waals surface area contributed by atoms with Crippen LogP contribution < -0.4 is 0 Å². The van der Waals surface area contributed by atoms with Crippen LogP contribution in [0.15, 0.2) is 18.2 Å². The number of carboxylic acids is 1. The zero-order valence-corrected chi connectivity index (χ0v) is 12.0. The summed E-state index contributed by atoms with van der Waals surface area (Å²) in [6.07, 6.45) is -0.0154. The second-order valence-electron chi connectivity index (χ2n) is 4.73. The van der Waals surface area contributed by atoms with Gasteiger partial charge in [-0.05, 0) is 12.1 Å². The number of halogens is 2. The van der Waals surface area contributed by atoms with E-state index in [-0.39, 0.29) is 47.4 Å². The summed E-state index contributed by atoms with van der Waals surface area (Å²) in [6, 6.07) is 4.77. The summed E-state index contributed by atoms with van der Waals surface area (Å²) in [4.78, 5) is 24.7. The molecular weight excluding hydrogens is 305 g/mol. The maximum atomic E-state index is 12.3. The lowest BCUT2D eigenvalue weighted by molar-refractivity contribution is -0.162. The largest absolute Gasteiger partial charge is 0.479 e. The van der Waals surface area contributed by atoms with Gasteiger partial charge in [0, 0.05) is 25.9 Å². The van der Waals surface area contributed by atoms with Crippen LogP contribution >= 0.6 is 23.2 Å². The molecule has 0 spiro atoms. The summed E-state index contributed by atoms with van der Waals surface area (Å²) in [6.45, 7) is 0.314. The van der Waals surface area contributed by atoms with E-state index in [9.17, 15) is 14.7 Å². The Labute approximate surface area is 125 Å². The van der Waals surface area contributed by atoms with Crippen LogP contribution in [0.3, 0.4) is 0 Å². The number of aliphatic hydroxyl groups is 1. The van der Waals surface area contributed by atoms with Crippen molar-refractivity contribution in [3.63, 3.8) is 0 Å². The van der Waals surface area contributed by atoms with E-state index in [1.807, 2.05) is 0 Å². The number of hydrogen-bond donors (Lipinski definition) is 2. The SMILES string of the molecule is O=C(c1cccc(Cl)c1Cl)N1CCC(O)(C(=O)O)CC1. The number of piperidine rings is 1. The maximum Gasteiger partial charge on any atom is 0.335 e. The molecule has 1 amide bonds. The van der Waals surface area contributed by atoms with Crippen LogP contribution in [-0.2, 0) is 4.79 Å². The van der Waals surface area contributed by atoms with Gasteiger partial charge >= 0.3 is 5.97 Å². The van der Waals surface area contributed by atoms with Crippen molar-refractivity contribution in [1.29, 1.82) is 0 Å². The number of nitrogens with zero attached hydrogens (tertiary/aromatic N) is 1. The predicted octanol–water partition coefficient (Wildman–Crippen LogP) is 2.05. The Morgan fingerprint density at radius 2 is 1.80 bits per heavy atom. The third-order valence-electron chi connectivity index (χ3n) is 3.46. The minimum absolute atomic E-state index is 0.00768. The van der Waals surface area contributed by atoms with Crippen LogP contribution in [0.4, 0.5) is 0 Å². The van der Waals surface area contributed by atoms with Gasteiger partial charge in [0.25, 0.3) is 5.91 Å². The number of benzene rings is 1. The van der Waals surface area contributed by atoms with Gasteiger partial charge < -0.3 is 15.1 Å². The van der Waals surface area contributed by atoms with Crippen molar-refractivity contribution in [2.45, 2.75) is 18.4 Å². The molecule has 0 atom stereocenters. The van der Waals surface area contributed by atoms with Gasteiger partial charge in [0.05, 0.1) is 15.6 Å². The third kappa shape index (κ3) is 2.75. The smallest absolute Gasteiger partial charge is 0.335 e. The second-order valence-corrected chi connectivity index (χ2v) is 5.52. The van der Waals surface area contributed by atoms with Gasteiger partial charge in [-0.2, -0.15) is 0 Å². The number of rotatable bonds is 2. The standard InChI is InChI=1S/C13H13Cl2NO4/c14-9-3-1-2-8(10(9)15)11(17)16-6-4-13(20,5-7-16)12(18)19/h1-3,20H,4-7H2,(H,18,19). The van der Waals surface area contributed by atoms with E-state index in [1.54, 1.807) is 18.2 Å². The fourth-order valence-corrected chi connectivity index (χ4v) is 2.51. The van der Waals surface area contributed by atoms with Crippen LogP contribution in [0.5, 0.6) is 0 Å². The van der Waals surface area contributed by atoms with Crippen molar-refractivity contribution < 1.29 is 19.8 Å². The number of carbonyl (C=O) groups excluding carboxylic acids is 1. The van der Waals surface area contributed by atoms with Gasteiger partial charge in [0.15, 0.2) is 5.60 Å². The molecule has 2 N–H and O–H groups in total. The monoisotopic (exact) mass is 317 g/mol. The molecule has 0 aliphatic carbocycles. The Kier molecular flexibility index (Phi) is 4.22. The summed E-state index contributed by atoms with van der Waals surface area (Å²) in [5.41, 5.74) is -1.48. The summed E-state index contributed by atoms with van der Waals surface area (Å²) in [7, 11) is 0. The van der Waals surface area contributed by atoms with Gasteiger partial charge in [0.1, 0.15) is 0 Å². The lowest BCUT2D eigenvalue weighted by Gasteiger charge is -2.35. The molecule has 0 saturated carbocycles. The fourth-order valence-electron chi connectivity index (χ4n) is 2.13. The lowest BCUT2D eigenvalue weighted by atomic mass is 9.91. The quantitative estimate of drug-likeness (QED) is 0.875. The van der Waals surface area contributed by atoms with Crippen molar-refractivity contribution in [2.75, 3.05) is 13.1 Å². The second kappa shape index (κ2) is 5.60. The van der Waals surface area contributed by atoms with E-state index in [2.05, 4.69) is 0 Å². The summed E-state index contributed by atoms with van der Waals surface area (Å²) >= 11 is 11.9. The van der Waals surface area contributed by atoms with E-state index >= 15 is 0 Å². The summed E-state index contributed by atoms with van der Waals surface area (Å²) in [5, 5.41) is 19.2. The molecule has 0 aromatic heterocycles. The number of carbonyl (C=O) groups is 2. The van der Waals surface area contributed by atoms with E-state index in [4.69, 9.17) is 28.3 Å².